The highest BCUT2D eigenvalue weighted by Crippen LogP contribution is 2.45. The first-order valence-corrected chi connectivity index (χ1v) is 9.92. The third kappa shape index (κ3) is 4.32. The van der Waals surface area contributed by atoms with E-state index < -0.39 is 0 Å². The average Bonchev–Trinajstić information content (AvgIpc) is 2.55. The lowest BCUT2D eigenvalue weighted by Gasteiger charge is -2.39. The van der Waals surface area contributed by atoms with E-state index in [-0.39, 0.29) is 5.41 Å². The quantitative estimate of drug-likeness (QED) is 0.520. The summed E-state index contributed by atoms with van der Waals surface area (Å²) in [6, 6.07) is 6.80. The molecule has 0 nitrogen and oxygen atoms in total. The van der Waals surface area contributed by atoms with Crippen LogP contribution in [0.5, 0.6) is 0 Å². The first-order chi connectivity index (χ1) is 11.2. The summed E-state index contributed by atoms with van der Waals surface area (Å²) >= 11 is 0. The number of allylic oxidation sites excluding steroid dienone is 2. The van der Waals surface area contributed by atoms with E-state index in [1.165, 1.54) is 55.2 Å². The summed E-state index contributed by atoms with van der Waals surface area (Å²) < 4.78 is 0. The van der Waals surface area contributed by atoms with Crippen molar-refractivity contribution in [2.45, 2.75) is 92.4 Å². The topological polar surface area (TPSA) is 0 Å². The Morgan fingerprint density at radius 1 is 1.25 bits per heavy atom. The maximum atomic E-state index is 2.53. The van der Waals surface area contributed by atoms with Gasteiger partial charge in [-0.15, -0.1) is 0 Å². The molecule has 1 aromatic carbocycles. The second-order valence-corrected chi connectivity index (χ2v) is 9.35. The molecule has 0 atom stereocenters. The zero-order valence-corrected chi connectivity index (χ0v) is 17.1. The van der Waals surface area contributed by atoms with Crippen LogP contribution in [-0.2, 0) is 5.41 Å². The Kier molecular flexibility index (Phi) is 6.00. The Morgan fingerprint density at radius 2 is 1.88 bits per heavy atom. The molecule has 0 bridgehead atoms. The van der Waals surface area contributed by atoms with E-state index in [0.29, 0.717) is 5.41 Å². The maximum Gasteiger partial charge on any atom is -0.00947 e. The monoisotopic (exact) mass is 326 g/mol. The summed E-state index contributed by atoms with van der Waals surface area (Å²) in [5.41, 5.74) is 6.65. The molecule has 0 spiro atoms. The predicted molar refractivity (Wildman–Crippen MR) is 109 cm³/mol. The molecule has 134 valence electrons. The molecular weight excluding hydrogens is 288 g/mol. The van der Waals surface area contributed by atoms with Gasteiger partial charge in [-0.25, -0.2) is 0 Å². The van der Waals surface area contributed by atoms with Crippen molar-refractivity contribution in [1.29, 1.82) is 0 Å². The number of aryl methyl sites for hydroxylation is 1. The van der Waals surface area contributed by atoms with Gasteiger partial charge in [0.25, 0.3) is 0 Å². The van der Waals surface area contributed by atoms with Crippen LogP contribution in [0.25, 0.3) is 5.57 Å². The first kappa shape index (κ1) is 19.3. The first-order valence-electron chi connectivity index (χ1n) is 9.92. The van der Waals surface area contributed by atoms with E-state index in [0.717, 1.165) is 5.92 Å². The molecule has 1 aliphatic carbocycles. The van der Waals surface area contributed by atoms with Crippen molar-refractivity contribution in [2.75, 3.05) is 0 Å². The normalized spacial score (nSPS) is 25.8. The van der Waals surface area contributed by atoms with Gasteiger partial charge in [0.2, 0.25) is 0 Å². The molecule has 0 aromatic heterocycles. The summed E-state index contributed by atoms with van der Waals surface area (Å²) in [7, 11) is 0. The van der Waals surface area contributed by atoms with Crippen molar-refractivity contribution in [3.8, 4) is 0 Å². The minimum atomic E-state index is 0.233. The van der Waals surface area contributed by atoms with Crippen molar-refractivity contribution >= 4 is 5.57 Å². The summed E-state index contributed by atoms with van der Waals surface area (Å²) in [6.45, 7) is 16.5. The molecule has 0 aliphatic heterocycles. The van der Waals surface area contributed by atoms with Gasteiger partial charge in [0.05, 0.1) is 0 Å². The van der Waals surface area contributed by atoms with Crippen molar-refractivity contribution < 1.29 is 0 Å². The van der Waals surface area contributed by atoms with Crippen molar-refractivity contribution in [1.82, 2.24) is 0 Å². The summed E-state index contributed by atoms with van der Waals surface area (Å²) in [5.74, 6) is 0.936. The molecule has 0 heteroatoms. The minimum absolute atomic E-state index is 0.233. The molecule has 0 radical (unpaired) electrons. The third-order valence-electron chi connectivity index (χ3n) is 6.64. The van der Waals surface area contributed by atoms with E-state index in [2.05, 4.69) is 72.7 Å². The predicted octanol–water partition coefficient (Wildman–Crippen LogP) is 7.69. The van der Waals surface area contributed by atoms with E-state index >= 15 is 0 Å². The van der Waals surface area contributed by atoms with Crippen LogP contribution in [0.2, 0.25) is 0 Å². The fraction of sp³-hybridized carbons (Fsp3) is 0.667. The lowest BCUT2D eigenvalue weighted by Crippen LogP contribution is -2.28. The van der Waals surface area contributed by atoms with Crippen LogP contribution in [0.1, 0.15) is 96.8 Å². The van der Waals surface area contributed by atoms with Gasteiger partial charge in [0.15, 0.2) is 0 Å². The molecule has 1 saturated carbocycles. The number of hydrogen-bond acceptors (Lipinski definition) is 0. The lowest BCUT2D eigenvalue weighted by molar-refractivity contribution is 0.150. The Labute approximate surface area is 150 Å². The SMILES string of the molecule is C/C=C(\C)c1cccc(C)c1C(C)(C)CCC1(C)CCC(C)CC1. The van der Waals surface area contributed by atoms with Gasteiger partial charge < -0.3 is 0 Å². The molecule has 0 unspecified atom stereocenters. The maximum absolute atomic E-state index is 2.53. The van der Waals surface area contributed by atoms with E-state index in [1.54, 1.807) is 5.56 Å². The Balaban J connectivity index is 2.22. The number of hydrogen-bond donors (Lipinski definition) is 0. The number of rotatable bonds is 5. The Bertz CT molecular complexity index is 580. The molecule has 1 aliphatic rings. The van der Waals surface area contributed by atoms with Crippen molar-refractivity contribution in [3.05, 3.63) is 41.0 Å². The summed E-state index contributed by atoms with van der Waals surface area (Å²) in [6.07, 6.45) is 10.6. The molecule has 0 saturated heterocycles. The summed E-state index contributed by atoms with van der Waals surface area (Å²) in [5, 5.41) is 0. The molecule has 1 fully saturated rings. The molecule has 0 amide bonds. The van der Waals surface area contributed by atoms with Crippen molar-refractivity contribution in [2.24, 2.45) is 11.3 Å². The van der Waals surface area contributed by atoms with E-state index in [9.17, 15) is 0 Å². The Morgan fingerprint density at radius 3 is 2.46 bits per heavy atom. The van der Waals surface area contributed by atoms with Crippen LogP contribution >= 0.6 is 0 Å². The molecule has 24 heavy (non-hydrogen) atoms. The van der Waals surface area contributed by atoms with Crippen LogP contribution < -0.4 is 0 Å². The molecule has 0 heterocycles. The Hall–Kier alpha value is -1.04. The number of benzene rings is 1. The molecular formula is C24H38. The molecule has 2 rings (SSSR count). The van der Waals surface area contributed by atoms with Gasteiger partial charge in [-0.3, -0.25) is 0 Å². The highest BCUT2D eigenvalue weighted by atomic mass is 14.4. The van der Waals surface area contributed by atoms with Crippen LogP contribution in [-0.4, -0.2) is 0 Å². The second-order valence-electron chi connectivity index (χ2n) is 9.35. The molecule has 0 N–H and O–H groups in total. The van der Waals surface area contributed by atoms with Gasteiger partial charge in [0.1, 0.15) is 0 Å². The molecule has 1 aromatic rings. The summed E-state index contributed by atoms with van der Waals surface area (Å²) in [4.78, 5) is 0. The lowest BCUT2D eigenvalue weighted by atomic mass is 9.66. The average molecular weight is 327 g/mol. The third-order valence-corrected chi connectivity index (χ3v) is 6.64. The van der Waals surface area contributed by atoms with Gasteiger partial charge in [0, 0.05) is 0 Å². The van der Waals surface area contributed by atoms with Crippen molar-refractivity contribution in [3.63, 3.8) is 0 Å². The van der Waals surface area contributed by atoms with Gasteiger partial charge in [-0.1, -0.05) is 64.8 Å². The highest BCUT2D eigenvalue weighted by molar-refractivity contribution is 5.68. The van der Waals surface area contributed by atoms with Crippen LogP contribution in [0.15, 0.2) is 24.3 Å². The van der Waals surface area contributed by atoms with E-state index in [1.807, 2.05) is 0 Å². The largest absolute Gasteiger partial charge is 0.0841 e. The zero-order chi connectivity index (χ0) is 18.0. The van der Waals surface area contributed by atoms with Crippen LogP contribution in [0.3, 0.4) is 0 Å². The standard InChI is InChI=1S/C24H38/c1-8-19(3)21-11-9-10-20(4)22(21)23(5,6)16-17-24(7)14-12-18(2)13-15-24/h8-11,18H,12-17H2,1-7H3/b19-8+. The van der Waals surface area contributed by atoms with Gasteiger partial charge in [-0.05, 0) is 85.5 Å². The fourth-order valence-corrected chi connectivity index (χ4v) is 4.50. The zero-order valence-electron chi connectivity index (χ0n) is 17.1. The van der Waals surface area contributed by atoms with Crippen LogP contribution in [0, 0.1) is 18.3 Å². The fourth-order valence-electron chi connectivity index (χ4n) is 4.50. The smallest absolute Gasteiger partial charge is 0.00947 e. The minimum Gasteiger partial charge on any atom is -0.0841 e. The second kappa shape index (κ2) is 7.46. The highest BCUT2D eigenvalue weighted by Gasteiger charge is 2.33. The van der Waals surface area contributed by atoms with Gasteiger partial charge >= 0.3 is 0 Å². The van der Waals surface area contributed by atoms with E-state index in [4.69, 9.17) is 0 Å². The van der Waals surface area contributed by atoms with Crippen LogP contribution in [0.4, 0.5) is 0 Å². The van der Waals surface area contributed by atoms with Gasteiger partial charge in [-0.2, -0.15) is 0 Å².